The van der Waals surface area contributed by atoms with Crippen molar-refractivity contribution in [2.24, 2.45) is 0 Å². The summed E-state index contributed by atoms with van der Waals surface area (Å²) in [6.45, 7) is 1.74. The smallest absolute Gasteiger partial charge is 0.284 e. The maximum Gasteiger partial charge on any atom is 0.284 e. The van der Waals surface area contributed by atoms with Crippen LogP contribution < -0.4 is 5.32 Å². The van der Waals surface area contributed by atoms with Crippen molar-refractivity contribution in [1.82, 2.24) is 10.2 Å². The number of carbonyl (C=O) groups excluding carboxylic acids is 1. The molecule has 0 unspecified atom stereocenters. The largest absolute Gasteiger partial charge is 0.459 e. The van der Waals surface area contributed by atoms with E-state index in [1.54, 1.807) is 43.3 Å². The lowest BCUT2D eigenvalue weighted by Crippen LogP contribution is -2.22. The van der Waals surface area contributed by atoms with Gasteiger partial charge in [-0.15, -0.1) is 10.2 Å². The van der Waals surface area contributed by atoms with Gasteiger partial charge >= 0.3 is 0 Å². The van der Waals surface area contributed by atoms with Crippen molar-refractivity contribution in [2.45, 2.75) is 17.4 Å². The summed E-state index contributed by atoms with van der Waals surface area (Å²) in [7, 11) is 0. The average molecular weight is 340 g/mol. The van der Waals surface area contributed by atoms with E-state index in [-0.39, 0.29) is 17.0 Å². The van der Waals surface area contributed by atoms with Gasteiger partial charge in [0.05, 0.1) is 23.1 Å². The molecule has 0 fully saturated rings. The Hall–Kier alpha value is -3.05. The van der Waals surface area contributed by atoms with Crippen LogP contribution in [0.1, 0.15) is 12.5 Å². The summed E-state index contributed by atoms with van der Waals surface area (Å²) in [4.78, 5) is 12.2. The zero-order chi connectivity index (χ0) is 16.9. The summed E-state index contributed by atoms with van der Waals surface area (Å²) in [5.41, 5.74) is 1.15. The number of rotatable bonds is 5. The van der Waals surface area contributed by atoms with Crippen LogP contribution in [0.3, 0.4) is 0 Å². The van der Waals surface area contributed by atoms with Crippen molar-refractivity contribution in [1.29, 1.82) is 5.26 Å². The molecule has 1 aromatic carbocycles. The molecule has 0 aliphatic rings. The lowest BCUT2D eigenvalue weighted by molar-refractivity contribution is -0.115. The maximum atomic E-state index is 12.2. The van der Waals surface area contributed by atoms with Gasteiger partial charge < -0.3 is 14.2 Å². The highest BCUT2D eigenvalue weighted by Gasteiger charge is 2.19. The highest BCUT2D eigenvalue weighted by atomic mass is 32.2. The number of nitriles is 1. The molecule has 0 aliphatic heterocycles. The molecule has 0 spiro atoms. The van der Waals surface area contributed by atoms with Gasteiger partial charge in [0.1, 0.15) is 0 Å². The summed E-state index contributed by atoms with van der Waals surface area (Å²) >= 11 is 1.15. The third kappa shape index (κ3) is 3.64. The number of nitrogens with zero attached hydrogens (tertiary/aromatic N) is 3. The summed E-state index contributed by atoms with van der Waals surface area (Å²) in [6, 6.07) is 12.1. The lowest BCUT2D eigenvalue weighted by atomic mass is 10.2. The van der Waals surface area contributed by atoms with Gasteiger partial charge in [-0.3, -0.25) is 4.79 Å². The summed E-state index contributed by atoms with van der Waals surface area (Å²) in [5, 5.41) is 19.1. The molecule has 0 aliphatic carbocycles. The summed E-state index contributed by atoms with van der Waals surface area (Å²) in [6.07, 6.45) is 1.51. The van der Waals surface area contributed by atoms with Crippen LogP contribution >= 0.6 is 11.8 Å². The molecule has 0 radical (unpaired) electrons. The van der Waals surface area contributed by atoms with Gasteiger partial charge in [0.2, 0.25) is 5.91 Å². The minimum Gasteiger partial charge on any atom is -0.459 e. The molecule has 3 aromatic rings. The molecule has 7 nitrogen and oxygen atoms in total. The summed E-state index contributed by atoms with van der Waals surface area (Å²) < 4.78 is 10.6. The Balaban J connectivity index is 1.60. The molecule has 2 heterocycles. The van der Waals surface area contributed by atoms with E-state index in [4.69, 9.17) is 14.1 Å². The van der Waals surface area contributed by atoms with E-state index in [0.717, 1.165) is 11.8 Å². The van der Waals surface area contributed by atoms with Crippen molar-refractivity contribution < 1.29 is 13.6 Å². The van der Waals surface area contributed by atoms with Crippen LogP contribution in [0, 0.1) is 11.3 Å². The van der Waals surface area contributed by atoms with Gasteiger partial charge in [-0.25, -0.2) is 0 Å². The Bertz CT molecular complexity index is 866. The molecule has 0 bridgehead atoms. The van der Waals surface area contributed by atoms with E-state index in [1.165, 1.54) is 6.26 Å². The van der Waals surface area contributed by atoms with Crippen LogP contribution in [0.25, 0.3) is 11.7 Å². The van der Waals surface area contributed by atoms with Crippen LogP contribution in [0.15, 0.2) is 56.7 Å². The molecule has 24 heavy (non-hydrogen) atoms. The van der Waals surface area contributed by atoms with Crippen molar-refractivity contribution in [3.63, 3.8) is 0 Å². The van der Waals surface area contributed by atoms with Gasteiger partial charge in [-0.2, -0.15) is 5.26 Å². The van der Waals surface area contributed by atoms with Crippen LogP contribution in [0.5, 0.6) is 0 Å². The lowest BCUT2D eigenvalue weighted by Gasteiger charge is -2.09. The third-order valence-corrected chi connectivity index (χ3v) is 4.00. The topological polar surface area (TPSA) is 105 Å². The first kappa shape index (κ1) is 15.8. The molecule has 120 valence electrons. The Morgan fingerprint density at radius 1 is 1.29 bits per heavy atom. The number of thioether (sulfide) groups is 1. The SMILES string of the molecule is C[C@H](Sc1nnc(-c2ccco2)o1)C(=O)Nc1ccc(C#N)cc1. The van der Waals surface area contributed by atoms with Gasteiger partial charge in [-0.1, -0.05) is 11.8 Å². The normalized spacial score (nSPS) is 11.7. The van der Waals surface area contributed by atoms with E-state index < -0.39 is 5.25 Å². The molecule has 1 amide bonds. The number of aromatic nitrogens is 2. The van der Waals surface area contributed by atoms with Crippen LogP contribution in [-0.4, -0.2) is 21.4 Å². The molecular weight excluding hydrogens is 328 g/mol. The van der Waals surface area contributed by atoms with Crippen LogP contribution in [-0.2, 0) is 4.79 Å². The quantitative estimate of drug-likeness (QED) is 0.710. The standard InChI is InChI=1S/C16H12N4O3S/c1-10(14(21)18-12-6-4-11(9-17)5-7-12)24-16-20-19-15(23-16)13-3-2-8-22-13/h2-8,10H,1H3,(H,18,21)/t10-/m0/s1. The molecule has 1 atom stereocenters. The summed E-state index contributed by atoms with van der Waals surface area (Å²) in [5.74, 6) is 0.536. The first-order valence-electron chi connectivity index (χ1n) is 7.01. The molecule has 2 aromatic heterocycles. The predicted octanol–water partition coefficient (Wildman–Crippen LogP) is 3.32. The number of nitrogens with one attached hydrogen (secondary N) is 1. The minimum absolute atomic E-state index is 0.206. The second-order valence-corrected chi connectivity index (χ2v) is 6.08. The van der Waals surface area contributed by atoms with E-state index >= 15 is 0 Å². The first-order chi connectivity index (χ1) is 11.7. The predicted molar refractivity (Wildman–Crippen MR) is 87.1 cm³/mol. The zero-order valence-corrected chi connectivity index (χ0v) is 13.4. The molecule has 3 rings (SSSR count). The van der Waals surface area contributed by atoms with Crippen molar-refractivity contribution in [2.75, 3.05) is 5.32 Å². The van der Waals surface area contributed by atoms with Crippen LogP contribution in [0.4, 0.5) is 5.69 Å². The monoisotopic (exact) mass is 340 g/mol. The molecule has 1 N–H and O–H groups in total. The minimum atomic E-state index is -0.439. The fourth-order valence-corrected chi connectivity index (χ4v) is 2.52. The van der Waals surface area contributed by atoms with Crippen LogP contribution in [0.2, 0.25) is 0 Å². The average Bonchev–Trinajstić information content (AvgIpc) is 3.26. The highest BCUT2D eigenvalue weighted by Crippen LogP contribution is 2.26. The fraction of sp³-hybridized carbons (Fsp3) is 0.125. The van der Waals surface area contributed by atoms with Gasteiger partial charge in [-0.05, 0) is 43.3 Å². The molecule has 0 saturated carbocycles. The Kier molecular flexibility index (Phi) is 4.63. The van der Waals surface area contributed by atoms with Crippen molar-refractivity contribution in [3.05, 3.63) is 48.2 Å². The Morgan fingerprint density at radius 2 is 2.08 bits per heavy atom. The second kappa shape index (κ2) is 7.02. The number of hydrogen-bond acceptors (Lipinski definition) is 7. The number of benzene rings is 1. The number of hydrogen-bond donors (Lipinski definition) is 1. The van der Waals surface area contributed by atoms with E-state index in [0.29, 0.717) is 17.0 Å². The molecule has 0 saturated heterocycles. The Morgan fingerprint density at radius 3 is 2.75 bits per heavy atom. The van der Waals surface area contributed by atoms with Crippen molar-refractivity contribution >= 4 is 23.4 Å². The zero-order valence-electron chi connectivity index (χ0n) is 12.6. The second-order valence-electron chi connectivity index (χ2n) is 4.79. The van der Waals surface area contributed by atoms with Crippen molar-refractivity contribution in [3.8, 4) is 17.7 Å². The maximum absolute atomic E-state index is 12.2. The van der Waals surface area contributed by atoms with E-state index in [1.807, 2.05) is 6.07 Å². The van der Waals surface area contributed by atoms with Gasteiger partial charge in [0, 0.05) is 5.69 Å². The highest BCUT2D eigenvalue weighted by molar-refractivity contribution is 8.00. The number of carbonyl (C=O) groups is 1. The number of furan rings is 1. The first-order valence-corrected chi connectivity index (χ1v) is 7.89. The van der Waals surface area contributed by atoms with Gasteiger partial charge in [0.15, 0.2) is 5.76 Å². The van der Waals surface area contributed by atoms with Gasteiger partial charge in [0.25, 0.3) is 11.1 Å². The van der Waals surface area contributed by atoms with E-state index in [9.17, 15) is 4.79 Å². The fourth-order valence-electron chi connectivity index (χ4n) is 1.83. The van der Waals surface area contributed by atoms with E-state index in [2.05, 4.69) is 15.5 Å². The third-order valence-electron chi connectivity index (χ3n) is 3.07. The molecular formula is C16H12N4O3S. The Labute approximate surface area is 141 Å². The molecule has 8 heteroatoms. The number of anilines is 1. The number of amides is 1.